The molecular formula is C69H105N21O17. The van der Waals surface area contributed by atoms with Crippen molar-refractivity contribution in [3.8, 4) is 0 Å². The molecule has 2 aromatic heterocycles. The highest BCUT2D eigenvalue weighted by molar-refractivity contribution is 6.01. The summed E-state index contributed by atoms with van der Waals surface area (Å²) in [6, 6.07) is -2.36. The number of nitrogens with one attached hydrogen (secondary N) is 14. The van der Waals surface area contributed by atoms with Gasteiger partial charge in [0.25, 0.3) is 0 Å². The van der Waals surface area contributed by atoms with Gasteiger partial charge in [0.05, 0.1) is 26.2 Å². The van der Waals surface area contributed by atoms with Gasteiger partial charge in [-0.25, -0.2) is 0 Å². The number of aromatic amines is 2. The first-order chi connectivity index (χ1) is 50.6. The number of carbonyl (C=O) groups is 15. The van der Waals surface area contributed by atoms with E-state index in [4.69, 9.17) is 34.4 Å². The molecule has 15 amide bonds. The lowest BCUT2D eigenvalue weighted by molar-refractivity contribution is -0.137. The number of carbonyl (C=O) groups excluding carboxylic acids is 15. The molecule has 0 aliphatic carbocycles. The van der Waals surface area contributed by atoms with Crippen molar-refractivity contribution >= 4 is 116 Å². The van der Waals surface area contributed by atoms with E-state index in [1.54, 1.807) is 88.6 Å². The topological polar surface area (TPSA) is 641 Å². The Bertz CT molecular complexity index is 3800. The number of aliphatic hydroxyl groups is 2. The second-order valence-corrected chi connectivity index (χ2v) is 26.6. The molecule has 28 N–H and O–H groups in total. The van der Waals surface area contributed by atoms with Crippen LogP contribution in [0, 0.1) is 17.8 Å². The van der Waals surface area contributed by atoms with Gasteiger partial charge in [0, 0.05) is 66.9 Å². The average molecular weight is 1500 g/mol. The molecule has 38 heteroatoms. The lowest BCUT2D eigenvalue weighted by Crippen LogP contribution is -2.62. The Labute approximate surface area is 617 Å². The smallest absolute Gasteiger partial charge is 0.245 e. The number of aliphatic imine (C=N–C) groups is 1. The number of nitrogens with zero attached hydrogens (tertiary/aromatic N) is 1. The maximum Gasteiger partial charge on any atom is 0.245 e. The van der Waals surface area contributed by atoms with E-state index in [1.165, 1.54) is 20.8 Å². The maximum absolute atomic E-state index is 14.6. The number of nitrogens with two attached hydrogens (primary N) is 6. The van der Waals surface area contributed by atoms with Crippen LogP contribution in [-0.2, 0) is 84.8 Å². The first kappa shape index (κ1) is 88.1. The lowest BCUT2D eigenvalue weighted by Gasteiger charge is -2.29. The third-order valence-corrected chi connectivity index (χ3v) is 17.4. The van der Waals surface area contributed by atoms with Crippen molar-refractivity contribution in [2.24, 2.45) is 57.1 Å². The van der Waals surface area contributed by atoms with E-state index >= 15 is 0 Å². The number of para-hydroxylation sites is 2. The lowest BCUT2D eigenvalue weighted by atomic mass is 9.96. The first-order valence-electron chi connectivity index (χ1n) is 35.1. The predicted molar refractivity (Wildman–Crippen MR) is 391 cm³/mol. The van der Waals surface area contributed by atoms with Gasteiger partial charge in [0.2, 0.25) is 88.6 Å². The quantitative estimate of drug-likeness (QED) is 0.0111. The number of primary amides is 3. The molecule has 588 valence electrons. The van der Waals surface area contributed by atoms with E-state index in [0.29, 0.717) is 28.5 Å². The van der Waals surface area contributed by atoms with Crippen molar-refractivity contribution in [2.45, 2.75) is 186 Å². The van der Waals surface area contributed by atoms with Crippen LogP contribution in [0.1, 0.15) is 117 Å². The molecule has 0 saturated heterocycles. The molecule has 0 bridgehead atoms. The zero-order valence-electron chi connectivity index (χ0n) is 61.1. The number of fused-ring (bicyclic) bond motifs is 2. The highest BCUT2D eigenvalue weighted by atomic mass is 16.3. The summed E-state index contributed by atoms with van der Waals surface area (Å²) in [5.41, 5.74) is 35.4. The molecule has 0 radical (unpaired) electrons. The largest absolute Gasteiger partial charge is 0.394 e. The molecular weight excluding hydrogens is 1390 g/mol. The van der Waals surface area contributed by atoms with Crippen LogP contribution < -0.4 is 98.2 Å². The van der Waals surface area contributed by atoms with Crippen molar-refractivity contribution in [3.63, 3.8) is 0 Å². The molecule has 2 heterocycles. The number of guanidine groups is 1. The number of hydrogen-bond acceptors (Lipinski definition) is 19. The minimum absolute atomic E-state index is 0.0645. The predicted octanol–water partition coefficient (Wildman–Crippen LogP) is -5.95. The zero-order valence-corrected chi connectivity index (χ0v) is 61.1. The zero-order chi connectivity index (χ0) is 79.8. The summed E-state index contributed by atoms with van der Waals surface area (Å²) in [5.74, 6) is -16.5. The Morgan fingerprint density at radius 3 is 1.32 bits per heavy atom. The van der Waals surface area contributed by atoms with Crippen molar-refractivity contribution < 1.29 is 82.1 Å². The third kappa shape index (κ3) is 28.6. The van der Waals surface area contributed by atoms with E-state index in [2.05, 4.69) is 78.8 Å². The number of hydrogen-bond donors (Lipinski definition) is 22. The molecule has 0 aliphatic rings. The number of H-pyrrole nitrogens is 2. The molecule has 0 aliphatic heterocycles. The minimum Gasteiger partial charge on any atom is -0.394 e. The van der Waals surface area contributed by atoms with E-state index in [0.717, 1.165) is 10.9 Å². The van der Waals surface area contributed by atoms with Crippen molar-refractivity contribution in [2.75, 3.05) is 32.8 Å². The normalized spacial score (nSPS) is 14.6. The summed E-state index contributed by atoms with van der Waals surface area (Å²) in [6.07, 6.45) is 2.59. The van der Waals surface area contributed by atoms with Crippen LogP contribution in [0.2, 0.25) is 0 Å². The monoisotopic (exact) mass is 1500 g/mol. The van der Waals surface area contributed by atoms with E-state index in [1.807, 2.05) is 0 Å². The van der Waals surface area contributed by atoms with Gasteiger partial charge in [-0.2, -0.15) is 0 Å². The van der Waals surface area contributed by atoms with Gasteiger partial charge in [0.15, 0.2) is 5.96 Å². The highest BCUT2D eigenvalue weighted by Crippen LogP contribution is 2.22. The first-order valence-corrected chi connectivity index (χ1v) is 35.1. The van der Waals surface area contributed by atoms with Crippen LogP contribution in [0.5, 0.6) is 0 Å². The molecule has 4 rings (SSSR count). The Hall–Kier alpha value is -11.3. The van der Waals surface area contributed by atoms with Gasteiger partial charge >= 0.3 is 0 Å². The number of unbranched alkanes of at least 4 members (excludes halogenated alkanes) is 1. The van der Waals surface area contributed by atoms with E-state index in [9.17, 15) is 82.1 Å². The SMILES string of the molecule is CC[C@H](C)[C@H](NC(=O)[C@H](Cc1c[nH]c2ccccc12)NC(=O)[C@H](CCCCN)NC(=O)CNC(=O)[C@H](CC(N)=O)NC(=O)[C@@H](NC(=O)[C@H](CO)NC(=O)[C@@H](NC(=O)[C@H](Cc1c[nH]c2ccccc12)NC(=O)[C@H](CCCN=C(N)N)NC(C)=O)C(C)C)C(C)C)C(=O)N[C@@H](CO)C(=O)N[C@@H](CCC(N)=O)C(N)=O. The molecule has 2 aromatic carbocycles. The fourth-order valence-corrected chi connectivity index (χ4v) is 11.3. The molecule has 107 heavy (non-hydrogen) atoms. The summed E-state index contributed by atoms with van der Waals surface area (Å²) in [4.78, 5) is 213. The summed E-state index contributed by atoms with van der Waals surface area (Å²) in [6.45, 7) is 8.03. The molecule has 0 unspecified atom stereocenters. The molecule has 0 spiro atoms. The van der Waals surface area contributed by atoms with Gasteiger partial charge < -0.3 is 118 Å². The Kier molecular flexibility index (Phi) is 36.1. The maximum atomic E-state index is 14.6. The Morgan fingerprint density at radius 1 is 0.458 bits per heavy atom. The summed E-state index contributed by atoms with van der Waals surface area (Å²) < 4.78 is 0. The fraction of sp³-hybridized carbons (Fsp3) is 0.536. The van der Waals surface area contributed by atoms with Gasteiger partial charge in [-0.05, 0) is 86.1 Å². The van der Waals surface area contributed by atoms with Gasteiger partial charge in [0.1, 0.15) is 66.5 Å². The number of aliphatic hydroxyl groups excluding tert-OH is 2. The van der Waals surface area contributed by atoms with Crippen LogP contribution in [0.25, 0.3) is 21.8 Å². The van der Waals surface area contributed by atoms with Crippen LogP contribution in [0.4, 0.5) is 0 Å². The molecule has 38 nitrogen and oxygen atoms in total. The average Bonchev–Trinajstić information content (AvgIpc) is 1.54. The van der Waals surface area contributed by atoms with Gasteiger partial charge in [-0.15, -0.1) is 0 Å². The second kappa shape index (κ2) is 43.9. The third-order valence-electron chi connectivity index (χ3n) is 17.4. The second-order valence-electron chi connectivity index (χ2n) is 26.6. The van der Waals surface area contributed by atoms with Crippen LogP contribution in [0.15, 0.2) is 65.9 Å². The molecule has 4 aromatic rings. The van der Waals surface area contributed by atoms with E-state index in [-0.39, 0.29) is 76.8 Å². The molecule has 0 fully saturated rings. The molecule has 0 saturated carbocycles. The van der Waals surface area contributed by atoms with Crippen molar-refractivity contribution in [3.05, 3.63) is 72.1 Å². The van der Waals surface area contributed by atoms with Gasteiger partial charge in [-0.1, -0.05) is 84.4 Å². The summed E-state index contributed by atoms with van der Waals surface area (Å²) in [5, 5.41) is 52.1. The van der Waals surface area contributed by atoms with Crippen LogP contribution >= 0.6 is 0 Å². The number of aromatic nitrogens is 2. The van der Waals surface area contributed by atoms with Crippen LogP contribution in [0.3, 0.4) is 0 Å². The standard InChI is InChI=1S/C69H105N21O17/c1-8-36(6)57(68(107)87-50(32-91)64(103)82-44(58(73)97)22-23-52(71)94)90-63(102)48(27-39-30-78-43-19-12-10-17-41(39)43)84-61(100)46(20-13-14-24-70)81-54(96)31-79-59(98)49(28-53(72)95)85-66(105)55(34(2)3)89-65(104)51(33-92)86-67(106)56(35(4)5)88-62(101)47(26-38-29-77-42-18-11-9-16-40(38)42)83-60(99)45(80-37(7)93)21-15-25-76-69(74)75/h9-12,16-19,29-30,34-36,44-51,55-57,77-78,91-92H,8,13-15,20-28,31-33,70H2,1-7H3,(H2,71,94)(H2,72,95)(H2,73,97)(H,79,98)(H,80,93)(H,81,96)(H,82,103)(H,83,99)(H,84,100)(H,85,105)(H,86,106)(H,87,107)(H,88,101)(H,89,104)(H,90,102)(H4,74,75,76)/t36-,44-,45-,46-,47-,48-,49-,50-,51-,55-,56-,57-/m0/s1. The fourth-order valence-electron chi connectivity index (χ4n) is 11.3. The molecule has 12 atom stereocenters. The van der Waals surface area contributed by atoms with Crippen molar-refractivity contribution in [1.82, 2.24) is 73.8 Å². The van der Waals surface area contributed by atoms with Gasteiger partial charge in [-0.3, -0.25) is 76.9 Å². The Morgan fingerprint density at radius 2 is 0.879 bits per heavy atom. The summed E-state index contributed by atoms with van der Waals surface area (Å²) in [7, 11) is 0. The summed E-state index contributed by atoms with van der Waals surface area (Å²) >= 11 is 0. The highest BCUT2D eigenvalue weighted by Gasteiger charge is 2.38. The van der Waals surface area contributed by atoms with E-state index < -0.39 is 199 Å². The number of amides is 15. The minimum atomic E-state index is -1.80. The number of benzene rings is 2. The Balaban J connectivity index is 1.51. The van der Waals surface area contributed by atoms with Crippen molar-refractivity contribution in [1.29, 1.82) is 0 Å². The van der Waals surface area contributed by atoms with Crippen LogP contribution in [-0.4, -0.2) is 214 Å². The number of rotatable bonds is 47.